The number of hydrogen-bond acceptors (Lipinski definition) is 8. The third kappa shape index (κ3) is 6.39. The molecule has 5 rings (SSSR count). The summed E-state index contributed by atoms with van der Waals surface area (Å²) in [5.74, 6) is -0.864. The van der Waals surface area contributed by atoms with E-state index in [2.05, 4.69) is 15.2 Å². The topological polar surface area (TPSA) is 129 Å². The highest BCUT2D eigenvalue weighted by Crippen LogP contribution is 2.41. The minimum Gasteiger partial charge on any atom is -0.455 e. The van der Waals surface area contributed by atoms with Gasteiger partial charge in [-0.15, -0.1) is 0 Å². The lowest BCUT2D eigenvalue weighted by molar-refractivity contribution is 0.0979. The van der Waals surface area contributed by atoms with Crippen molar-refractivity contribution in [3.63, 3.8) is 0 Å². The molecule has 3 aromatic rings. The molecule has 0 saturated heterocycles. The van der Waals surface area contributed by atoms with Crippen LogP contribution in [0.15, 0.2) is 54.9 Å². The number of aromatic nitrogens is 1. The number of anilines is 2. The van der Waals surface area contributed by atoms with Crippen LogP contribution < -0.4 is 19.9 Å². The molecule has 210 valence electrons. The fourth-order valence-electron chi connectivity index (χ4n) is 4.57. The minimum atomic E-state index is -4.14. The number of amides is 1. The Hall–Kier alpha value is -3.22. The molecule has 1 fully saturated rings. The first-order valence-corrected chi connectivity index (χ1v) is 15.0. The third-order valence-corrected chi connectivity index (χ3v) is 7.98. The van der Waals surface area contributed by atoms with Gasteiger partial charge in [0.2, 0.25) is 0 Å². The molecule has 2 aliphatic rings. The maximum Gasteiger partial charge on any atom is 0.266 e. The van der Waals surface area contributed by atoms with Gasteiger partial charge in [-0.3, -0.25) is 19.1 Å². The largest absolute Gasteiger partial charge is 0.455 e. The number of nitrogens with zero attached hydrogens (tertiary/aromatic N) is 3. The number of hydrogen-bond donors (Lipinski definition) is 2. The fourth-order valence-corrected chi connectivity index (χ4v) is 5.44. The molecule has 40 heavy (non-hydrogen) atoms. The van der Waals surface area contributed by atoms with Crippen LogP contribution in [0, 0.1) is 0 Å². The Bertz CT molecular complexity index is 1560. The van der Waals surface area contributed by atoms with E-state index in [1.807, 2.05) is 24.3 Å². The van der Waals surface area contributed by atoms with Crippen LogP contribution in [0.3, 0.4) is 0 Å². The summed E-state index contributed by atoms with van der Waals surface area (Å²) in [5.41, 5.74) is 2.20. The molecule has 10 nitrogen and oxygen atoms in total. The molecule has 0 spiro atoms. The second-order valence-corrected chi connectivity index (χ2v) is 11.9. The Morgan fingerprint density at radius 2 is 1.77 bits per heavy atom. The van der Waals surface area contributed by atoms with Gasteiger partial charge >= 0.3 is 0 Å². The van der Waals surface area contributed by atoms with Gasteiger partial charge in [-0.2, -0.15) is 8.42 Å². The quantitative estimate of drug-likeness (QED) is 0.195. The molecule has 2 N–H and O–H groups in total. The predicted molar refractivity (Wildman–Crippen MR) is 153 cm³/mol. The van der Waals surface area contributed by atoms with Crippen LogP contribution >= 0.6 is 23.2 Å². The number of para-hydroxylation sites is 2. The molecule has 0 atom stereocenters. The highest BCUT2D eigenvalue weighted by Gasteiger charge is 2.36. The summed E-state index contributed by atoms with van der Waals surface area (Å²) < 4.78 is 36.5. The van der Waals surface area contributed by atoms with E-state index in [-0.39, 0.29) is 51.7 Å². The molecule has 1 saturated carbocycles. The van der Waals surface area contributed by atoms with Gasteiger partial charge in [0.05, 0.1) is 33.7 Å². The maximum absolute atomic E-state index is 13.8. The summed E-state index contributed by atoms with van der Waals surface area (Å²) >= 11 is 12.8. The molecule has 0 radical (unpaired) electrons. The number of rotatable bonds is 10. The molecule has 13 heteroatoms. The monoisotopic (exact) mass is 604 g/mol. The molecule has 2 aromatic carbocycles. The van der Waals surface area contributed by atoms with Crippen molar-refractivity contribution in [2.24, 2.45) is 0 Å². The van der Waals surface area contributed by atoms with Gasteiger partial charge < -0.3 is 19.9 Å². The number of benzene rings is 2. The first-order valence-electron chi connectivity index (χ1n) is 12.6. The van der Waals surface area contributed by atoms with Crippen LogP contribution in [-0.2, 0) is 10.1 Å². The van der Waals surface area contributed by atoms with E-state index in [4.69, 9.17) is 32.5 Å². The lowest BCUT2D eigenvalue weighted by atomic mass is 10.1. The highest BCUT2D eigenvalue weighted by atomic mass is 35.5. The molecule has 2 heterocycles. The molecule has 0 bridgehead atoms. The van der Waals surface area contributed by atoms with Crippen LogP contribution in [0.1, 0.15) is 33.6 Å². The average molecular weight is 606 g/mol. The van der Waals surface area contributed by atoms with Crippen molar-refractivity contribution in [3.8, 4) is 11.5 Å². The number of fused-ring (bicyclic) bond motifs is 1. The van der Waals surface area contributed by atoms with Gasteiger partial charge in [0.1, 0.15) is 17.1 Å². The third-order valence-electron chi connectivity index (χ3n) is 6.65. The van der Waals surface area contributed by atoms with Crippen LogP contribution in [0.25, 0.3) is 0 Å². The minimum absolute atomic E-state index is 0.0630. The van der Waals surface area contributed by atoms with Crippen molar-refractivity contribution < 1.29 is 27.3 Å². The summed E-state index contributed by atoms with van der Waals surface area (Å²) in [6.45, 7) is 0.911. The van der Waals surface area contributed by atoms with E-state index in [1.54, 1.807) is 11.0 Å². The van der Waals surface area contributed by atoms with Crippen molar-refractivity contribution in [3.05, 3.63) is 76.0 Å². The Labute approximate surface area is 241 Å². The van der Waals surface area contributed by atoms with Gasteiger partial charge in [-0.25, -0.2) is 0 Å². The van der Waals surface area contributed by atoms with E-state index in [0.717, 1.165) is 30.8 Å². The summed E-state index contributed by atoms with van der Waals surface area (Å²) in [5, 5.41) is 2.79. The molecule has 1 amide bonds. The van der Waals surface area contributed by atoms with E-state index < -0.39 is 21.7 Å². The lowest BCUT2D eigenvalue weighted by Gasteiger charge is -2.38. The molecule has 1 aliphatic carbocycles. The number of pyridine rings is 1. The normalized spacial score (nSPS) is 15.1. The molecule has 0 unspecified atom stereocenters. The van der Waals surface area contributed by atoms with Crippen LogP contribution in [-0.4, -0.2) is 67.6 Å². The van der Waals surface area contributed by atoms with Crippen molar-refractivity contribution in [2.45, 2.75) is 18.9 Å². The number of halogens is 2. The van der Waals surface area contributed by atoms with E-state index >= 15 is 0 Å². The number of carbonyl (C=O) groups is 2. The number of Topliss-reactive ketones (excluding diaryl/α,β-unsaturated/α-hetero) is 1. The van der Waals surface area contributed by atoms with Crippen LogP contribution in [0.4, 0.5) is 11.4 Å². The predicted octanol–water partition coefficient (Wildman–Crippen LogP) is 4.47. The second kappa shape index (κ2) is 11.7. The van der Waals surface area contributed by atoms with E-state index in [9.17, 15) is 18.0 Å². The zero-order valence-corrected chi connectivity index (χ0v) is 23.5. The zero-order valence-electron chi connectivity index (χ0n) is 21.2. The van der Waals surface area contributed by atoms with Crippen LogP contribution in [0.5, 0.6) is 11.5 Å². The summed E-state index contributed by atoms with van der Waals surface area (Å²) in [6.07, 6.45) is 5.25. The average Bonchev–Trinajstić information content (AvgIpc) is 3.77. The molecular formula is C27H26Cl2N4O6S. The highest BCUT2D eigenvalue weighted by molar-refractivity contribution is 7.85. The maximum atomic E-state index is 13.8. The summed E-state index contributed by atoms with van der Waals surface area (Å²) in [4.78, 5) is 34.6. The standard InChI is InChI=1S/C27H26Cl2N4O6S/c28-20-14-26(21(29)13-18(20)24(34)16-31-9-12-40(36,37)38)39-25-7-8-30-15-19(25)27(35)33-11-10-32(17-5-6-17)22-3-1-2-4-23(22)33/h1-4,7-8,13-15,17,31H,5-6,9-12,16H2,(H,36,37,38). The number of ketones is 1. The Balaban J connectivity index is 1.34. The van der Waals surface area contributed by atoms with Gasteiger partial charge in [-0.05, 0) is 37.1 Å². The van der Waals surface area contributed by atoms with E-state index in [1.165, 1.54) is 24.5 Å². The number of nitrogens with one attached hydrogen (secondary N) is 1. The van der Waals surface area contributed by atoms with Crippen LogP contribution in [0.2, 0.25) is 10.0 Å². The Morgan fingerprint density at radius 1 is 1.02 bits per heavy atom. The smallest absolute Gasteiger partial charge is 0.266 e. The molecule has 1 aliphatic heterocycles. The lowest BCUT2D eigenvalue weighted by Crippen LogP contribution is -2.45. The fraction of sp³-hybridized carbons (Fsp3) is 0.296. The van der Waals surface area contributed by atoms with Crippen molar-refractivity contribution in [2.75, 3.05) is 41.7 Å². The van der Waals surface area contributed by atoms with Crippen molar-refractivity contribution in [1.82, 2.24) is 10.3 Å². The van der Waals surface area contributed by atoms with Crippen molar-refractivity contribution in [1.29, 1.82) is 0 Å². The van der Waals surface area contributed by atoms with Gasteiger partial charge in [0.15, 0.2) is 5.78 Å². The van der Waals surface area contributed by atoms with Crippen molar-refractivity contribution >= 4 is 56.4 Å². The summed E-state index contributed by atoms with van der Waals surface area (Å²) in [7, 11) is -4.14. The molecular weight excluding hydrogens is 579 g/mol. The second-order valence-electron chi connectivity index (χ2n) is 9.49. The summed E-state index contributed by atoms with van der Waals surface area (Å²) in [6, 6.07) is 12.6. The van der Waals surface area contributed by atoms with Gasteiger partial charge in [-0.1, -0.05) is 35.3 Å². The number of ether oxygens (including phenoxy) is 1. The molecule has 1 aromatic heterocycles. The SMILES string of the molecule is O=C(CNCCS(=O)(=O)O)c1cc(Cl)c(Oc2ccncc2C(=O)N2CCN(C3CC3)c3ccccc32)cc1Cl. The van der Waals surface area contributed by atoms with Gasteiger partial charge in [0.25, 0.3) is 16.0 Å². The Kier molecular flexibility index (Phi) is 8.29. The first kappa shape index (κ1) is 28.3. The zero-order chi connectivity index (χ0) is 28.4. The van der Waals surface area contributed by atoms with E-state index in [0.29, 0.717) is 12.6 Å². The number of carbonyl (C=O) groups excluding carboxylic acids is 2. The first-order chi connectivity index (χ1) is 19.1. The van der Waals surface area contributed by atoms with Gasteiger partial charge in [0, 0.05) is 49.7 Å². The Morgan fingerprint density at radius 3 is 2.50 bits per heavy atom.